The number of rotatable bonds is 5. The lowest BCUT2D eigenvalue weighted by molar-refractivity contribution is -0.122. The van der Waals surface area contributed by atoms with Crippen molar-refractivity contribution >= 4 is 14.0 Å². The van der Waals surface area contributed by atoms with Gasteiger partial charge in [0.05, 0.1) is 0 Å². The summed E-state index contributed by atoms with van der Waals surface area (Å²) in [4.78, 5) is 11.6. The summed E-state index contributed by atoms with van der Waals surface area (Å²) >= 11 is 0. The monoisotopic (exact) mass is 227 g/mol. The van der Waals surface area contributed by atoms with Crippen LogP contribution in [0.1, 0.15) is 32.6 Å². The standard InChI is InChI=1S/C12H25NOSi/c1-5-11-9-10(12(14)13-11)7-6-8-15(2,3)4/h10-11H,5-9H2,1-4H3,(H,13,14)/t10-,11+/m1/s1. The quantitative estimate of drug-likeness (QED) is 0.719. The molecule has 1 heterocycles. The molecule has 0 saturated carbocycles. The van der Waals surface area contributed by atoms with Crippen molar-refractivity contribution < 1.29 is 4.79 Å². The Morgan fingerprint density at radius 1 is 1.40 bits per heavy atom. The van der Waals surface area contributed by atoms with E-state index in [1.54, 1.807) is 0 Å². The molecule has 1 N–H and O–H groups in total. The molecule has 0 aromatic rings. The largest absolute Gasteiger partial charge is 0.353 e. The number of hydrogen-bond donors (Lipinski definition) is 1. The van der Waals surface area contributed by atoms with E-state index in [1.165, 1.54) is 12.5 Å². The molecule has 0 aromatic heterocycles. The van der Waals surface area contributed by atoms with Crippen molar-refractivity contribution in [2.75, 3.05) is 0 Å². The minimum Gasteiger partial charge on any atom is -0.353 e. The molecule has 0 aromatic carbocycles. The van der Waals surface area contributed by atoms with E-state index in [9.17, 15) is 4.79 Å². The predicted molar refractivity (Wildman–Crippen MR) is 67.7 cm³/mol. The third-order valence-electron chi connectivity index (χ3n) is 3.26. The lowest BCUT2D eigenvalue weighted by Gasteiger charge is -2.16. The highest BCUT2D eigenvalue weighted by Crippen LogP contribution is 2.24. The molecule has 1 amide bonds. The van der Waals surface area contributed by atoms with Crippen molar-refractivity contribution in [1.29, 1.82) is 0 Å². The van der Waals surface area contributed by atoms with Gasteiger partial charge in [-0.3, -0.25) is 4.79 Å². The Morgan fingerprint density at radius 2 is 2.07 bits per heavy atom. The highest BCUT2D eigenvalue weighted by Gasteiger charge is 2.30. The Labute approximate surface area is 94.8 Å². The molecule has 1 aliphatic rings. The fraction of sp³-hybridized carbons (Fsp3) is 0.917. The van der Waals surface area contributed by atoms with E-state index in [2.05, 4.69) is 31.9 Å². The summed E-state index contributed by atoms with van der Waals surface area (Å²) in [5, 5.41) is 3.07. The normalized spacial score (nSPS) is 26.8. The van der Waals surface area contributed by atoms with Gasteiger partial charge in [-0.2, -0.15) is 0 Å². The van der Waals surface area contributed by atoms with Gasteiger partial charge < -0.3 is 5.32 Å². The average Bonchev–Trinajstić information content (AvgIpc) is 2.45. The molecule has 0 spiro atoms. The van der Waals surface area contributed by atoms with Crippen LogP contribution in [0.4, 0.5) is 0 Å². The van der Waals surface area contributed by atoms with E-state index in [4.69, 9.17) is 0 Å². The van der Waals surface area contributed by atoms with Gasteiger partial charge in [0, 0.05) is 20.0 Å². The molecule has 1 fully saturated rings. The van der Waals surface area contributed by atoms with Crippen LogP contribution in [0.5, 0.6) is 0 Å². The van der Waals surface area contributed by atoms with Crippen molar-refractivity contribution in [3.05, 3.63) is 0 Å². The zero-order chi connectivity index (χ0) is 11.5. The van der Waals surface area contributed by atoms with Crippen molar-refractivity contribution in [2.45, 2.75) is 64.3 Å². The maximum absolute atomic E-state index is 11.6. The Kier molecular flexibility index (Phi) is 4.38. The van der Waals surface area contributed by atoms with E-state index < -0.39 is 8.07 Å². The summed E-state index contributed by atoms with van der Waals surface area (Å²) in [7, 11) is -0.908. The Bertz CT molecular complexity index is 222. The maximum Gasteiger partial charge on any atom is 0.223 e. The molecule has 0 unspecified atom stereocenters. The van der Waals surface area contributed by atoms with Crippen LogP contribution in [-0.2, 0) is 4.79 Å². The Morgan fingerprint density at radius 3 is 2.53 bits per heavy atom. The predicted octanol–water partition coefficient (Wildman–Crippen LogP) is 3.02. The van der Waals surface area contributed by atoms with Gasteiger partial charge in [0.1, 0.15) is 0 Å². The summed E-state index contributed by atoms with van der Waals surface area (Å²) in [6.45, 7) is 9.35. The minimum atomic E-state index is -0.908. The number of carbonyl (C=O) groups is 1. The highest BCUT2D eigenvalue weighted by molar-refractivity contribution is 6.76. The first-order valence-corrected chi connectivity index (χ1v) is 9.93. The Balaban J connectivity index is 2.25. The number of hydrogen-bond acceptors (Lipinski definition) is 1. The Hall–Kier alpha value is -0.313. The molecule has 3 heteroatoms. The van der Waals surface area contributed by atoms with Crippen LogP contribution in [0.2, 0.25) is 25.7 Å². The van der Waals surface area contributed by atoms with Gasteiger partial charge in [0.25, 0.3) is 0 Å². The number of carbonyl (C=O) groups excluding carboxylic acids is 1. The summed E-state index contributed by atoms with van der Waals surface area (Å²) in [5.41, 5.74) is 0. The van der Waals surface area contributed by atoms with Crippen molar-refractivity contribution in [1.82, 2.24) is 5.32 Å². The van der Waals surface area contributed by atoms with Gasteiger partial charge in [-0.25, -0.2) is 0 Å². The molecule has 0 radical (unpaired) electrons. The molecule has 15 heavy (non-hydrogen) atoms. The van der Waals surface area contributed by atoms with Crippen molar-refractivity contribution in [2.24, 2.45) is 5.92 Å². The molecular formula is C12H25NOSi. The van der Waals surface area contributed by atoms with Gasteiger partial charge in [-0.1, -0.05) is 39.0 Å². The fourth-order valence-corrected chi connectivity index (χ4v) is 3.49. The third-order valence-corrected chi connectivity index (χ3v) is 5.11. The second kappa shape index (κ2) is 5.15. The molecule has 0 bridgehead atoms. The second-order valence-corrected chi connectivity index (χ2v) is 11.6. The van der Waals surface area contributed by atoms with E-state index in [-0.39, 0.29) is 0 Å². The van der Waals surface area contributed by atoms with Crippen LogP contribution in [0.25, 0.3) is 0 Å². The minimum absolute atomic E-state index is 0.303. The summed E-state index contributed by atoms with van der Waals surface area (Å²) in [5.74, 6) is 0.615. The number of amides is 1. The number of nitrogens with one attached hydrogen (secondary N) is 1. The van der Waals surface area contributed by atoms with Crippen molar-refractivity contribution in [3.63, 3.8) is 0 Å². The van der Waals surface area contributed by atoms with Crippen LogP contribution < -0.4 is 5.32 Å². The maximum atomic E-state index is 11.6. The lowest BCUT2D eigenvalue weighted by atomic mass is 9.99. The zero-order valence-corrected chi connectivity index (χ0v) is 11.6. The van der Waals surface area contributed by atoms with Gasteiger partial charge in [-0.05, 0) is 19.3 Å². The smallest absolute Gasteiger partial charge is 0.223 e. The first kappa shape index (κ1) is 12.8. The zero-order valence-electron chi connectivity index (χ0n) is 10.6. The molecule has 1 rings (SSSR count). The van der Waals surface area contributed by atoms with Crippen LogP contribution in [0.15, 0.2) is 0 Å². The summed E-state index contributed by atoms with van der Waals surface area (Å²) in [6.07, 6.45) is 4.49. The molecular weight excluding hydrogens is 202 g/mol. The summed E-state index contributed by atoms with van der Waals surface area (Å²) in [6, 6.07) is 1.81. The van der Waals surface area contributed by atoms with E-state index in [0.717, 1.165) is 19.3 Å². The van der Waals surface area contributed by atoms with Gasteiger partial charge >= 0.3 is 0 Å². The molecule has 1 aliphatic heterocycles. The molecule has 2 nitrogen and oxygen atoms in total. The van der Waals surface area contributed by atoms with Gasteiger partial charge in [-0.15, -0.1) is 0 Å². The van der Waals surface area contributed by atoms with E-state index >= 15 is 0 Å². The average molecular weight is 227 g/mol. The van der Waals surface area contributed by atoms with Crippen LogP contribution in [0.3, 0.4) is 0 Å². The second-order valence-electron chi connectivity index (χ2n) is 6.00. The first-order chi connectivity index (χ1) is 6.92. The molecule has 88 valence electrons. The lowest BCUT2D eigenvalue weighted by Crippen LogP contribution is -2.25. The van der Waals surface area contributed by atoms with E-state index in [1.807, 2.05) is 0 Å². The SMILES string of the molecule is CC[C@H]1C[C@@H](CCC[Si](C)(C)C)C(=O)N1. The van der Waals surface area contributed by atoms with Gasteiger partial charge in [0.2, 0.25) is 5.91 Å². The van der Waals surface area contributed by atoms with Crippen LogP contribution in [-0.4, -0.2) is 20.0 Å². The van der Waals surface area contributed by atoms with Crippen LogP contribution in [0, 0.1) is 5.92 Å². The summed E-state index contributed by atoms with van der Waals surface area (Å²) < 4.78 is 0. The first-order valence-electron chi connectivity index (χ1n) is 6.23. The van der Waals surface area contributed by atoms with Gasteiger partial charge in [0.15, 0.2) is 0 Å². The topological polar surface area (TPSA) is 29.1 Å². The highest BCUT2D eigenvalue weighted by atomic mass is 28.3. The van der Waals surface area contributed by atoms with E-state index in [0.29, 0.717) is 17.9 Å². The molecule has 0 aliphatic carbocycles. The third kappa shape index (κ3) is 4.37. The fourth-order valence-electron chi connectivity index (χ4n) is 2.22. The van der Waals surface area contributed by atoms with Crippen LogP contribution >= 0.6 is 0 Å². The molecule has 2 atom stereocenters. The van der Waals surface area contributed by atoms with Crippen molar-refractivity contribution in [3.8, 4) is 0 Å². The molecule has 1 saturated heterocycles.